The van der Waals surface area contributed by atoms with Crippen LogP contribution in [-0.4, -0.2) is 20.5 Å². The molecule has 96 valence electrons. The summed E-state index contributed by atoms with van der Waals surface area (Å²) in [4.78, 5) is 10.9. The molecule has 1 aromatic carbocycles. The lowest BCUT2D eigenvalue weighted by molar-refractivity contribution is -0.136. The van der Waals surface area contributed by atoms with Gasteiger partial charge in [-0.1, -0.05) is 13.0 Å². The third-order valence-corrected chi connectivity index (χ3v) is 4.50. The maximum Gasteiger partial charge on any atom is 0.319 e. The molecule has 18 heavy (non-hydrogen) atoms. The quantitative estimate of drug-likeness (QED) is 0.883. The van der Waals surface area contributed by atoms with Crippen LogP contribution in [0.25, 0.3) is 0 Å². The molecule has 0 saturated carbocycles. The van der Waals surface area contributed by atoms with Gasteiger partial charge in [0.1, 0.15) is 5.25 Å². The first-order chi connectivity index (χ1) is 8.49. The van der Waals surface area contributed by atoms with Crippen LogP contribution in [0.4, 0.5) is 0 Å². The average molecular weight is 265 g/mol. The van der Waals surface area contributed by atoms with Gasteiger partial charge >= 0.3 is 5.97 Å². The number of aliphatic carboxylic acids is 1. The van der Waals surface area contributed by atoms with Crippen molar-refractivity contribution in [3.05, 3.63) is 34.9 Å². The number of hydrogen-bond acceptors (Lipinski definition) is 3. The van der Waals surface area contributed by atoms with E-state index in [4.69, 9.17) is 10.4 Å². The van der Waals surface area contributed by atoms with E-state index in [1.807, 2.05) is 13.0 Å². The van der Waals surface area contributed by atoms with Crippen LogP contribution in [0.3, 0.4) is 0 Å². The van der Waals surface area contributed by atoms with Crippen molar-refractivity contribution in [2.24, 2.45) is 0 Å². The minimum absolute atomic E-state index is 0.211. The zero-order valence-electron chi connectivity index (χ0n) is 10.3. The molecule has 0 fully saturated rings. The highest BCUT2D eigenvalue weighted by Gasteiger charge is 2.22. The number of aryl methyl sites for hydroxylation is 1. The van der Waals surface area contributed by atoms with E-state index >= 15 is 0 Å². The first kappa shape index (κ1) is 14.4. The second-order valence-corrected chi connectivity index (χ2v) is 5.63. The summed E-state index contributed by atoms with van der Waals surface area (Å²) < 4.78 is 12.0. The van der Waals surface area contributed by atoms with Crippen molar-refractivity contribution >= 4 is 16.8 Å². The van der Waals surface area contributed by atoms with Gasteiger partial charge in [0.25, 0.3) is 0 Å². The number of benzene rings is 1. The predicted octanol–water partition coefficient (Wildman–Crippen LogP) is 1.98. The maximum absolute atomic E-state index is 12.0. The average Bonchev–Trinajstić information content (AvgIpc) is 2.32. The number of carbonyl (C=O) groups is 1. The Morgan fingerprint density at radius 1 is 1.56 bits per heavy atom. The Hall–Kier alpha value is -1.67. The third-order valence-electron chi connectivity index (χ3n) is 2.73. The molecule has 4 nitrogen and oxygen atoms in total. The second kappa shape index (κ2) is 6.31. The molecule has 0 aliphatic rings. The highest BCUT2D eigenvalue weighted by Crippen LogP contribution is 2.15. The second-order valence-electron chi connectivity index (χ2n) is 4.01. The zero-order chi connectivity index (χ0) is 13.7. The van der Waals surface area contributed by atoms with Gasteiger partial charge in [-0.15, -0.1) is 0 Å². The molecule has 0 radical (unpaired) electrons. The first-order valence-corrected chi connectivity index (χ1v) is 6.97. The van der Waals surface area contributed by atoms with E-state index in [2.05, 4.69) is 0 Å². The summed E-state index contributed by atoms with van der Waals surface area (Å²) in [6, 6.07) is 7.14. The van der Waals surface area contributed by atoms with E-state index < -0.39 is 22.0 Å². The monoisotopic (exact) mass is 265 g/mol. The number of carboxylic acids is 1. The lowest BCUT2D eigenvalue weighted by atomic mass is 10.1. The molecule has 5 heteroatoms. The fourth-order valence-electron chi connectivity index (χ4n) is 1.65. The Kier molecular flexibility index (Phi) is 5.05. The first-order valence-electron chi connectivity index (χ1n) is 5.59. The summed E-state index contributed by atoms with van der Waals surface area (Å²) in [6.07, 6.45) is 0.345. The molecule has 1 N–H and O–H groups in total. The SMILES string of the molecule is CCC(C(=O)O)S(=O)Cc1ccc(C#N)cc1C. The third kappa shape index (κ3) is 3.41. The minimum atomic E-state index is -1.44. The molecule has 0 amide bonds. The van der Waals surface area contributed by atoms with Gasteiger partial charge < -0.3 is 5.11 Å². The number of nitrogens with zero attached hydrogens (tertiary/aromatic N) is 1. The van der Waals surface area contributed by atoms with Crippen molar-refractivity contribution < 1.29 is 14.1 Å². The lowest BCUT2D eigenvalue weighted by Crippen LogP contribution is -2.25. The molecule has 0 spiro atoms. The molecule has 0 heterocycles. The molecule has 2 unspecified atom stereocenters. The van der Waals surface area contributed by atoms with Crippen molar-refractivity contribution in [1.29, 1.82) is 5.26 Å². The molecule has 1 aromatic rings. The van der Waals surface area contributed by atoms with E-state index in [1.165, 1.54) is 0 Å². The summed E-state index contributed by atoms with van der Waals surface area (Å²) in [5.74, 6) is -0.815. The fourth-order valence-corrected chi connectivity index (χ4v) is 3.08. The normalized spacial score (nSPS) is 13.6. The van der Waals surface area contributed by atoms with E-state index in [1.54, 1.807) is 25.1 Å². The summed E-state index contributed by atoms with van der Waals surface area (Å²) >= 11 is 0. The molecule has 0 saturated heterocycles. The summed E-state index contributed by atoms with van der Waals surface area (Å²) in [5, 5.41) is 16.8. The van der Waals surface area contributed by atoms with Gasteiger partial charge in [0.2, 0.25) is 0 Å². The van der Waals surface area contributed by atoms with Crippen LogP contribution < -0.4 is 0 Å². The van der Waals surface area contributed by atoms with Gasteiger partial charge in [0.05, 0.1) is 11.6 Å². The highest BCUT2D eigenvalue weighted by molar-refractivity contribution is 7.85. The van der Waals surface area contributed by atoms with Crippen LogP contribution in [-0.2, 0) is 21.3 Å². The smallest absolute Gasteiger partial charge is 0.319 e. The topological polar surface area (TPSA) is 78.2 Å². The Balaban J connectivity index is 2.89. The zero-order valence-corrected chi connectivity index (χ0v) is 11.2. The van der Waals surface area contributed by atoms with E-state index in [-0.39, 0.29) is 5.75 Å². The summed E-state index contributed by atoms with van der Waals surface area (Å²) in [7, 11) is -1.44. The molecular formula is C13H15NO3S. The predicted molar refractivity (Wildman–Crippen MR) is 69.5 cm³/mol. The van der Waals surface area contributed by atoms with Crippen molar-refractivity contribution in [2.45, 2.75) is 31.3 Å². The Morgan fingerprint density at radius 2 is 2.22 bits per heavy atom. The Bertz CT molecular complexity index is 519. The van der Waals surface area contributed by atoms with Crippen LogP contribution in [0.5, 0.6) is 0 Å². The van der Waals surface area contributed by atoms with Crippen LogP contribution in [0.15, 0.2) is 18.2 Å². The summed E-state index contributed by atoms with van der Waals surface area (Å²) in [6.45, 7) is 3.54. The number of rotatable bonds is 5. The van der Waals surface area contributed by atoms with Crippen LogP contribution in [0.2, 0.25) is 0 Å². The highest BCUT2D eigenvalue weighted by atomic mass is 32.2. The Morgan fingerprint density at radius 3 is 2.67 bits per heavy atom. The molecular weight excluding hydrogens is 250 g/mol. The van der Waals surface area contributed by atoms with E-state index in [0.29, 0.717) is 12.0 Å². The number of carboxylic acid groups (broad SMARTS) is 1. The van der Waals surface area contributed by atoms with Crippen LogP contribution in [0.1, 0.15) is 30.0 Å². The fraction of sp³-hybridized carbons (Fsp3) is 0.385. The molecule has 0 bridgehead atoms. The van der Waals surface area contributed by atoms with Crippen LogP contribution in [0, 0.1) is 18.3 Å². The molecule has 0 aromatic heterocycles. The van der Waals surface area contributed by atoms with Gasteiger partial charge in [-0.2, -0.15) is 5.26 Å². The largest absolute Gasteiger partial charge is 0.480 e. The molecule has 0 aliphatic heterocycles. The van der Waals surface area contributed by atoms with Crippen molar-refractivity contribution in [2.75, 3.05) is 0 Å². The molecule has 2 atom stereocenters. The van der Waals surface area contributed by atoms with Gasteiger partial charge in [0, 0.05) is 16.6 Å². The van der Waals surface area contributed by atoms with Gasteiger partial charge in [-0.3, -0.25) is 9.00 Å². The Labute approximate surface area is 109 Å². The van der Waals surface area contributed by atoms with Crippen LogP contribution >= 0.6 is 0 Å². The van der Waals surface area contributed by atoms with Crippen molar-refractivity contribution in [1.82, 2.24) is 0 Å². The standard InChI is InChI=1S/C13H15NO3S/c1-3-12(13(15)16)18(17)8-11-5-4-10(7-14)6-9(11)2/h4-6,12H,3,8H2,1-2H3,(H,15,16). The minimum Gasteiger partial charge on any atom is -0.480 e. The maximum atomic E-state index is 12.0. The molecule has 1 rings (SSSR count). The van der Waals surface area contributed by atoms with Gasteiger partial charge in [0.15, 0.2) is 0 Å². The number of nitriles is 1. The van der Waals surface area contributed by atoms with Gasteiger partial charge in [-0.05, 0) is 36.6 Å². The molecule has 0 aliphatic carbocycles. The van der Waals surface area contributed by atoms with Crippen molar-refractivity contribution in [3.63, 3.8) is 0 Å². The summed E-state index contributed by atoms with van der Waals surface area (Å²) in [5.41, 5.74) is 2.24. The van der Waals surface area contributed by atoms with Crippen molar-refractivity contribution in [3.8, 4) is 6.07 Å². The number of hydrogen-bond donors (Lipinski definition) is 1. The van der Waals surface area contributed by atoms with E-state index in [0.717, 1.165) is 11.1 Å². The lowest BCUT2D eigenvalue weighted by Gasteiger charge is -2.11. The van der Waals surface area contributed by atoms with E-state index in [9.17, 15) is 9.00 Å². The van der Waals surface area contributed by atoms with Gasteiger partial charge in [-0.25, -0.2) is 0 Å².